The minimum Gasteiger partial charge on any atom is -0.214 e. The van der Waals surface area contributed by atoms with Crippen molar-refractivity contribution in [2.75, 3.05) is 0 Å². The Balaban J connectivity index is 0.000000134. The van der Waals surface area contributed by atoms with Crippen LogP contribution in [0, 0.1) is 5.92 Å². The summed E-state index contributed by atoms with van der Waals surface area (Å²) in [4.78, 5) is 1.36. The molecule has 0 nitrogen and oxygen atoms in total. The van der Waals surface area contributed by atoms with Crippen LogP contribution in [0.4, 0.5) is 0 Å². The van der Waals surface area contributed by atoms with Crippen molar-refractivity contribution in [3.63, 3.8) is 0 Å². The molecule has 9 rings (SSSR count). The normalized spacial score (nSPS) is 11.3. The van der Waals surface area contributed by atoms with E-state index in [4.69, 9.17) is 0 Å². The molecule has 0 amide bonds. The summed E-state index contributed by atoms with van der Waals surface area (Å²) in [7, 11) is -0.892. The number of benzene rings is 6. The van der Waals surface area contributed by atoms with Gasteiger partial charge in [-0.05, 0) is 47.7 Å². The van der Waals surface area contributed by atoms with Crippen molar-refractivity contribution in [1.29, 1.82) is 0 Å². The van der Waals surface area contributed by atoms with Crippen LogP contribution in [0.5, 0.6) is 0 Å². The van der Waals surface area contributed by atoms with Crippen LogP contribution in [0.2, 0.25) is 0 Å². The van der Waals surface area contributed by atoms with E-state index in [9.17, 15) is 0 Å². The van der Waals surface area contributed by atoms with Crippen LogP contribution in [0.15, 0.2) is 236 Å². The molecule has 8 aromatic rings. The fourth-order valence-electron chi connectivity index (χ4n) is 5.89. The second-order valence-electron chi connectivity index (χ2n) is 12.5. The summed E-state index contributed by atoms with van der Waals surface area (Å²) in [5, 5.41) is 10.5. The van der Waals surface area contributed by atoms with Crippen molar-refractivity contribution in [2.45, 2.75) is 12.8 Å². The molecule has 0 saturated heterocycles. The quantitative estimate of drug-likeness (QED) is 0.0618. The summed E-state index contributed by atoms with van der Waals surface area (Å²) in [5.74, 6) is 0.763. The van der Waals surface area contributed by atoms with Crippen LogP contribution < -0.4 is 31.8 Å². The van der Waals surface area contributed by atoms with E-state index in [0.29, 0.717) is 0 Å². The van der Waals surface area contributed by atoms with E-state index in [1.165, 1.54) is 55.1 Å². The largest absolute Gasteiger partial charge is 0.214 e. The summed E-state index contributed by atoms with van der Waals surface area (Å²) in [6.07, 6.45) is 2.65. The minimum absolute atomic E-state index is 0.446. The van der Waals surface area contributed by atoms with E-state index in [1.54, 1.807) is 11.3 Å². The molecule has 0 N–H and O–H groups in total. The molecule has 7 aromatic carbocycles. The third kappa shape index (κ3) is 12.7. The van der Waals surface area contributed by atoms with E-state index in [2.05, 4.69) is 227 Å². The molecule has 1 saturated carbocycles. The van der Waals surface area contributed by atoms with E-state index in [-0.39, 0.29) is 0 Å². The van der Waals surface area contributed by atoms with Gasteiger partial charge >= 0.3 is 85.9 Å². The monoisotopic (exact) mass is 851 g/mol. The van der Waals surface area contributed by atoms with E-state index in [0.717, 1.165) is 5.92 Å². The Morgan fingerprint density at radius 1 is 0.455 bits per heavy atom. The smallest absolute Gasteiger partial charge is 0.0134 e. The van der Waals surface area contributed by atoms with E-state index >= 15 is 0 Å². The Kier molecular flexibility index (Phi) is 16.4. The summed E-state index contributed by atoms with van der Waals surface area (Å²) in [6, 6.07) is 78.9. The number of rotatable bonds is 8. The SMILES string of the molecule is [Ru+]=[C]=C=C(c1cccs1)C1CC1.c1cc[cH-]c1.c1ccc(P(c2ccccc2)c2ccccc2)cc1.c1ccc(P(c2ccccc2)c2ccccc2)cc1. The van der Waals surface area contributed by atoms with Crippen LogP contribution in [-0.2, 0) is 17.9 Å². The Morgan fingerprint density at radius 2 is 0.782 bits per heavy atom. The Bertz CT molecular complexity index is 1960. The number of thiophene rings is 1. The van der Waals surface area contributed by atoms with Gasteiger partial charge in [0, 0.05) is 0 Å². The maximum Gasteiger partial charge on any atom is -0.0134 e. The van der Waals surface area contributed by atoms with Gasteiger partial charge in [0.15, 0.2) is 0 Å². The second kappa shape index (κ2) is 22.6. The molecular weight excluding hydrogens is 808 g/mol. The molecule has 0 atom stereocenters. The standard InChI is InChI=1S/2C18H15P.C10H8S.C5H5.Ru/c2*1-4-10-16(11-5-1)19(17-12-6-2-7-13-17)18-14-8-3-9-15-18;1-2-9(8-5-6-8)10-4-3-7-11-10;1-2-4-5-3-1;/h2*1-15H;3-4,7-8H,5-6H2;1-5H;/q;;;-1;+1. The first kappa shape index (κ1) is 40.0. The summed E-state index contributed by atoms with van der Waals surface area (Å²) in [6.45, 7) is 0. The number of hydrogen-bond acceptors (Lipinski definition) is 1. The predicted octanol–water partition coefficient (Wildman–Crippen LogP) is 10.9. The third-order valence-corrected chi connectivity index (χ3v) is 14.6. The van der Waals surface area contributed by atoms with E-state index < -0.39 is 15.8 Å². The molecule has 0 radical (unpaired) electrons. The fourth-order valence-corrected chi connectivity index (χ4v) is 11.5. The molecule has 1 aromatic heterocycles. The van der Waals surface area contributed by atoms with Crippen LogP contribution >= 0.6 is 27.2 Å². The zero-order valence-electron chi connectivity index (χ0n) is 30.6. The second-order valence-corrected chi connectivity index (χ2v) is 18.3. The van der Waals surface area contributed by atoms with Gasteiger partial charge < -0.3 is 0 Å². The van der Waals surface area contributed by atoms with Gasteiger partial charge in [-0.15, -0.1) is 0 Å². The van der Waals surface area contributed by atoms with Crippen molar-refractivity contribution in [2.24, 2.45) is 5.92 Å². The topological polar surface area (TPSA) is 0 Å². The van der Waals surface area contributed by atoms with Gasteiger partial charge in [-0.1, -0.05) is 182 Å². The van der Waals surface area contributed by atoms with Gasteiger partial charge in [0.2, 0.25) is 0 Å². The van der Waals surface area contributed by atoms with Gasteiger partial charge in [-0.2, -0.15) is 18.2 Å². The van der Waals surface area contributed by atoms with Crippen molar-refractivity contribution < 1.29 is 17.9 Å². The maximum atomic E-state index is 3.19. The maximum absolute atomic E-state index is 3.19. The number of allylic oxidation sites excluding steroid dienone is 1. The molecule has 1 aliphatic rings. The molecular formula is C51H43P2RuS. The molecule has 271 valence electrons. The molecule has 1 fully saturated rings. The molecule has 0 unspecified atom stereocenters. The first-order valence-electron chi connectivity index (χ1n) is 18.4. The van der Waals surface area contributed by atoms with Crippen LogP contribution in [-0.4, -0.2) is 4.26 Å². The van der Waals surface area contributed by atoms with Gasteiger partial charge in [-0.3, -0.25) is 0 Å². The summed E-state index contributed by atoms with van der Waals surface area (Å²) >= 11 is 4.17. The van der Waals surface area contributed by atoms with Gasteiger partial charge in [0.05, 0.1) is 0 Å². The minimum atomic E-state index is -0.446. The first-order valence-corrected chi connectivity index (χ1v) is 22.8. The molecule has 0 spiro atoms. The molecule has 1 heterocycles. The molecule has 0 bridgehead atoms. The Labute approximate surface area is 343 Å². The Morgan fingerprint density at radius 3 is 1.00 bits per heavy atom. The van der Waals surface area contributed by atoms with Gasteiger partial charge in [0.25, 0.3) is 0 Å². The fraction of sp³-hybridized carbons (Fsp3) is 0.0588. The Hall–Kier alpha value is -4.72. The van der Waals surface area contributed by atoms with Crippen LogP contribution in [0.25, 0.3) is 5.57 Å². The average molecular weight is 851 g/mol. The zero-order valence-corrected chi connectivity index (χ0v) is 34.9. The summed E-state index contributed by atoms with van der Waals surface area (Å²) in [5.41, 5.74) is 4.54. The van der Waals surface area contributed by atoms with Crippen molar-refractivity contribution in [3.05, 3.63) is 240 Å². The van der Waals surface area contributed by atoms with E-state index in [1.807, 2.05) is 30.3 Å². The molecule has 0 aliphatic heterocycles. The average Bonchev–Trinajstić information content (AvgIpc) is 3.62. The van der Waals surface area contributed by atoms with Gasteiger partial charge in [0.1, 0.15) is 0 Å². The third-order valence-electron chi connectivity index (χ3n) is 8.59. The molecule has 4 heteroatoms. The zero-order chi connectivity index (χ0) is 37.8. The first-order chi connectivity index (χ1) is 27.3. The summed E-state index contributed by atoms with van der Waals surface area (Å²) < 4.78 is 2.93. The van der Waals surface area contributed by atoms with Crippen molar-refractivity contribution >= 4 is 68.8 Å². The molecule has 1 aliphatic carbocycles. The van der Waals surface area contributed by atoms with Crippen molar-refractivity contribution in [1.82, 2.24) is 0 Å². The van der Waals surface area contributed by atoms with Crippen LogP contribution in [0.3, 0.4) is 0 Å². The predicted molar refractivity (Wildman–Crippen MR) is 241 cm³/mol. The number of hydrogen-bond donors (Lipinski definition) is 0. The molecule has 55 heavy (non-hydrogen) atoms. The van der Waals surface area contributed by atoms with Gasteiger partial charge in [-0.25, -0.2) is 12.1 Å². The van der Waals surface area contributed by atoms with Crippen LogP contribution in [0.1, 0.15) is 17.7 Å². The van der Waals surface area contributed by atoms with Crippen molar-refractivity contribution in [3.8, 4) is 0 Å².